The Morgan fingerprint density at radius 1 is 0.944 bits per heavy atom. The van der Waals surface area contributed by atoms with Crippen molar-refractivity contribution < 1.29 is 8.42 Å². The minimum atomic E-state index is -3.43. The highest BCUT2D eigenvalue weighted by Gasteiger charge is 2.18. The summed E-state index contributed by atoms with van der Waals surface area (Å²) in [4.78, 5) is 2.07. The van der Waals surface area contributed by atoms with E-state index in [9.17, 15) is 8.42 Å². The van der Waals surface area contributed by atoms with Gasteiger partial charge >= 0.3 is 0 Å². The highest BCUT2D eigenvalue weighted by molar-refractivity contribution is 7.92. The third-order valence-corrected chi connectivity index (χ3v) is 6.72. The number of thiophene rings is 2. The lowest BCUT2D eigenvalue weighted by molar-refractivity contribution is 0.589. The molecule has 3 nitrogen and oxygen atoms in total. The van der Waals surface area contributed by atoms with Gasteiger partial charge in [0.25, 0.3) is 10.0 Å². The lowest BCUT2D eigenvalue weighted by Gasteiger charge is -2.01. The van der Waals surface area contributed by atoms with Gasteiger partial charge in [-0.15, -0.1) is 22.7 Å². The summed E-state index contributed by atoms with van der Waals surface area (Å²) < 4.78 is 26.1. The van der Waals surface area contributed by atoms with Crippen molar-refractivity contribution in [3.05, 3.63) is 54.2 Å². The first-order valence-electron chi connectivity index (χ1n) is 5.20. The Morgan fingerprint density at radius 2 is 1.72 bits per heavy atom. The molecule has 0 N–H and O–H groups in total. The molecule has 0 aliphatic heterocycles. The smallest absolute Gasteiger partial charge is 0.248 e. The van der Waals surface area contributed by atoms with Gasteiger partial charge in [0.1, 0.15) is 4.21 Å². The van der Waals surface area contributed by atoms with Crippen LogP contribution in [0.5, 0.6) is 0 Å². The van der Waals surface area contributed by atoms with E-state index < -0.39 is 10.0 Å². The summed E-state index contributed by atoms with van der Waals surface area (Å²) in [5.41, 5.74) is 0. The van der Waals surface area contributed by atoms with Crippen LogP contribution in [0.2, 0.25) is 0 Å². The molecule has 3 aromatic rings. The van der Waals surface area contributed by atoms with Crippen LogP contribution in [-0.2, 0) is 10.0 Å². The van der Waals surface area contributed by atoms with Crippen LogP contribution in [0.3, 0.4) is 0 Å². The summed E-state index contributed by atoms with van der Waals surface area (Å²) in [5, 5.41) is 1.98. The summed E-state index contributed by atoms with van der Waals surface area (Å²) >= 11 is 2.90. The van der Waals surface area contributed by atoms with Crippen LogP contribution in [0.25, 0.3) is 9.75 Å². The lowest BCUT2D eigenvalue weighted by Crippen LogP contribution is -2.08. The Hall–Kier alpha value is -1.37. The topological polar surface area (TPSA) is 39.1 Å². The van der Waals surface area contributed by atoms with Crippen molar-refractivity contribution in [2.45, 2.75) is 4.21 Å². The Morgan fingerprint density at radius 3 is 2.39 bits per heavy atom. The maximum Gasteiger partial charge on any atom is 0.277 e. The molecule has 92 valence electrons. The molecule has 18 heavy (non-hydrogen) atoms. The first kappa shape index (κ1) is 11.7. The minimum Gasteiger partial charge on any atom is -0.248 e. The summed E-state index contributed by atoms with van der Waals surface area (Å²) in [7, 11) is -3.43. The van der Waals surface area contributed by atoms with E-state index in [-0.39, 0.29) is 0 Å². The van der Waals surface area contributed by atoms with Crippen LogP contribution in [-0.4, -0.2) is 12.4 Å². The van der Waals surface area contributed by atoms with Gasteiger partial charge in [-0.1, -0.05) is 6.07 Å². The van der Waals surface area contributed by atoms with Crippen molar-refractivity contribution in [2.75, 3.05) is 0 Å². The highest BCUT2D eigenvalue weighted by Crippen LogP contribution is 2.34. The molecule has 3 aromatic heterocycles. The van der Waals surface area contributed by atoms with Gasteiger partial charge in [-0.2, -0.15) is 8.42 Å². The van der Waals surface area contributed by atoms with Crippen LogP contribution >= 0.6 is 22.7 Å². The number of hydrogen-bond acceptors (Lipinski definition) is 4. The monoisotopic (exact) mass is 295 g/mol. The molecule has 3 heterocycles. The first-order valence-corrected chi connectivity index (χ1v) is 8.34. The van der Waals surface area contributed by atoms with Crippen LogP contribution < -0.4 is 0 Å². The zero-order valence-corrected chi connectivity index (χ0v) is 11.6. The zero-order valence-electron chi connectivity index (χ0n) is 9.18. The second-order valence-corrected chi connectivity index (χ2v) is 7.72. The summed E-state index contributed by atoms with van der Waals surface area (Å²) in [5.74, 6) is 0. The molecule has 0 saturated carbocycles. The van der Waals surface area contributed by atoms with Gasteiger partial charge in [-0.05, 0) is 35.7 Å². The Bertz CT molecular complexity index is 737. The molecule has 0 fully saturated rings. The molecule has 0 radical (unpaired) electrons. The number of hydrogen-bond donors (Lipinski definition) is 0. The van der Waals surface area contributed by atoms with Gasteiger partial charge < -0.3 is 0 Å². The fourth-order valence-corrected chi connectivity index (χ4v) is 5.02. The second-order valence-electron chi connectivity index (χ2n) is 3.61. The quantitative estimate of drug-likeness (QED) is 0.741. The number of aromatic nitrogens is 1. The normalized spacial score (nSPS) is 11.8. The van der Waals surface area contributed by atoms with Gasteiger partial charge in [0, 0.05) is 22.1 Å². The molecule has 3 rings (SSSR count). The van der Waals surface area contributed by atoms with Gasteiger partial charge in [0.2, 0.25) is 0 Å². The molecule has 0 atom stereocenters. The average Bonchev–Trinajstić information content (AvgIpc) is 3.12. The molecule has 0 aliphatic carbocycles. The zero-order chi connectivity index (χ0) is 12.6. The standard InChI is InChI=1S/C12H9NO2S3/c14-18(15,13-7-1-2-8-13)12-6-5-11(17-12)10-4-3-9-16-10/h1-9H. The summed E-state index contributed by atoms with van der Waals surface area (Å²) in [6.45, 7) is 0. The van der Waals surface area contributed by atoms with Gasteiger partial charge in [-0.3, -0.25) is 0 Å². The molecule has 0 unspecified atom stereocenters. The van der Waals surface area contributed by atoms with Crippen molar-refractivity contribution in [2.24, 2.45) is 0 Å². The average molecular weight is 295 g/mol. The van der Waals surface area contributed by atoms with Crippen LogP contribution in [0, 0.1) is 0 Å². The van der Waals surface area contributed by atoms with E-state index in [4.69, 9.17) is 0 Å². The lowest BCUT2D eigenvalue weighted by atomic mass is 10.4. The predicted octanol–water partition coefficient (Wildman–Crippen LogP) is 3.52. The molecule has 0 aromatic carbocycles. The third kappa shape index (κ3) is 1.92. The molecular weight excluding hydrogens is 286 g/mol. The molecule has 0 saturated heterocycles. The Labute approximate surface area is 113 Å². The fraction of sp³-hybridized carbons (Fsp3) is 0. The molecule has 0 bridgehead atoms. The van der Waals surface area contributed by atoms with Crippen LogP contribution in [0.15, 0.2) is 58.4 Å². The van der Waals surface area contributed by atoms with Crippen molar-refractivity contribution >= 4 is 32.7 Å². The van der Waals surface area contributed by atoms with Crippen LogP contribution in [0.4, 0.5) is 0 Å². The number of rotatable bonds is 3. The van der Waals surface area contributed by atoms with E-state index in [1.807, 2.05) is 23.6 Å². The van der Waals surface area contributed by atoms with Crippen molar-refractivity contribution in [3.8, 4) is 9.75 Å². The Kier molecular flexibility index (Phi) is 2.85. The minimum absolute atomic E-state index is 0.363. The third-order valence-electron chi connectivity index (χ3n) is 2.45. The second kappa shape index (κ2) is 4.38. The molecule has 0 amide bonds. The van der Waals surface area contributed by atoms with Crippen molar-refractivity contribution in [3.63, 3.8) is 0 Å². The highest BCUT2D eigenvalue weighted by atomic mass is 32.2. The largest absolute Gasteiger partial charge is 0.277 e. The summed E-state index contributed by atoms with van der Waals surface area (Å²) in [6.07, 6.45) is 3.08. The fourth-order valence-electron chi connectivity index (χ4n) is 1.59. The van der Waals surface area contributed by atoms with E-state index in [1.54, 1.807) is 41.9 Å². The van der Waals surface area contributed by atoms with Crippen molar-refractivity contribution in [1.82, 2.24) is 3.97 Å². The molecule has 0 spiro atoms. The summed E-state index contributed by atoms with van der Waals surface area (Å²) in [6, 6.07) is 10.9. The van der Waals surface area contributed by atoms with E-state index in [2.05, 4.69) is 0 Å². The molecular formula is C12H9NO2S3. The van der Waals surface area contributed by atoms with E-state index in [0.29, 0.717) is 4.21 Å². The van der Waals surface area contributed by atoms with E-state index in [0.717, 1.165) is 9.75 Å². The van der Waals surface area contributed by atoms with E-state index >= 15 is 0 Å². The Balaban J connectivity index is 2.05. The maximum absolute atomic E-state index is 12.3. The number of nitrogens with zero attached hydrogens (tertiary/aromatic N) is 1. The predicted molar refractivity (Wildman–Crippen MR) is 74.6 cm³/mol. The van der Waals surface area contributed by atoms with Gasteiger partial charge in [0.15, 0.2) is 0 Å². The molecule has 0 aliphatic rings. The van der Waals surface area contributed by atoms with Crippen molar-refractivity contribution in [1.29, 1.82) is 0 Å². The first-order chi connectivity index (χ1) is 8.68. The molecule has 6 heteroatoms. The SMILES string of the molecule is O=S(=O)(c1ccc(-c2cccs2)s1)n1cccc1. The van der Waals surface area contributed by atoms with E-state index in [1.165, 1.54) is 15.3 Å². The van der Waals surface area contributed by atoms with Gasteiger partial charge in [0.05, 0.1) is 0 Å². The van der Waals surface area contributed by atoms with Crippen LogP contribution in [0.1, 0.15) is 0 Å². The maximum atomic E-state index is 12.3. The van der Waals surface area contributed by atoms with Gasteiger partial charge in [-0.25, -0.2) is 3.97 Å².